The Morgan fingerprint density at radius 2 is 2.21 bits per heavy atom. The maximum atomic E-state index is 11.3. The smallest absolute Gasteiger partial charge is 0.252 e. The van der Waals surface area contributed by atoms with Crippen molar-refractivity contribution in [2.24, 2.45) is 5.73 Å². The van der Waals surface area contributed by atoms with Crippen LogP contribution in [0.4, 0.5) is 5.69 Å². The first-order valence-electron chi connectivity index (χ1n) is 5.62. The first-order valence-corrected chi connectivity index (χ1v) is 6.87. The molecule has 0 saturated heterocycles. The van der Waals surface area contributed by atoms with Crippen molar-refractivity contribution < 1.29 is 9.53 Å². The van der Waals surface area contributed by atoms with E-state index in [1.54, 1.807) is 11.3 Å². The zero-order valence-electron chi connectivity index (χ0n) is 10.1. The van der Waals surface area contributed by atoms with Crippen molar-refractivity contribution in [1.29, 1.82) is 0 Å². The lowest BCUT2D eigenvalue weighted by molar-refractivity contribution is 0.0996. The number of carbonyl (C=O) groups excluding carboxylic acids is 1. The second kappa shape index (κ2) is 5.95. The van der Waals surface area contributed by atoms with E-state index in [1.165, 1.54) is 17.0 Å². The van der Waals surface area contributed by atoms with E-state index in [0.717, 1.165) is 6.42 Å². The minimum atomic E-state index is -0.611. The van der Waals surface area contributed by atoms with Gasteiger partial charge in [0.15, 0.2) is 5.75 Å². The molecule has 4 nitrogen and oxygen atoms in total. The molecule has 2 rings (SSSR count). The summed E-state index contributed by atoms with van der Waals surface area (Å²) < 4.78 is 5.58. The van der Waals surface area contributed by atoms with Gasteiger partial charge < -0.3 is 16.2 Å². The van der Waals surface area contributed by atoms with Crippen molar-refractivity contribution in [3.05, 3.63) is 45.1 Å². The van der Waals surface area contributed by atoms with Crippen molar-refractivity contribution >= 4 is 34.5 Å². The number of primary amides is 1. The Morgan fingerprint density at radius 3 is 2.84 bits per heavy atom. The van der Waals surface area contributed by atoms with E-state index >= 15 is 0 Å². The molecule has 1 amide bonds. The molecule has 6 heteroatoms. The molecule has 1 aromatic heterocycles. The van der Waals surface area contributed by atoms with Crippen LogP contribution in [0.2, 0.25) is 5.02 Å². The SMILES string of the molecule is NC(=O)c1cc(N)cc(Cl)c1OCCc1cccs1. The molecule has 19 heavy (non-hydrogen) atoms. The quantitative estimate of drug-likeness (QED) is 0.833. The fourth-order valence-electron chi connectivity index (χ4n) is 1.65. The first kappa shape index (κ1) is 13.7. The van der Waals surface area contributed by atoms with Gasteiger partial charge in [-0.3, -0.25) is 4.79 Å². The number of amides is 1. The van der Waals surface area contributed by atoms with E-state index in [1.807, 2.05) is 17.5 Å². The number of hydrogen-bond acceptors (Lipinski definition) is 4. The van der Waals surface area contributed by atoms with Crippen molar-refractivity contribution in [3.63, 3.8) is 0 Å². The number of rotatable bonds is 5. The Hall–Kier alpha value is -1.72. The van der Waals surface area contributed by atoms with Crippen molar-refractivity contribution in [2.75, 3.05) is 12.3 Å². The Labute approximate surface area is 119 Å². The molecule has 0 aliphatic rings. The van der Waals surface area contributed by atoms with Crippen LogP contribution in [0.25, 0.3) is 0 Å². The summed E-state index contributed by atoms with van der Waals surface area (Å²) in [6.07, 6.45) is 0.747. The van der Waals surface area contributed by atoms with E-state index in [2.05, 4.69) is 0 Å². The fourth-order valence-corrected chi connectivity index (χ4v) is 2.63. The lowest BCUT2D eigenvalue weighted by Crippen LogP contribution is -2.14. The molecule has 0 spiro atoms. The zero-order valence-corrected chi connectivity index (χ0v) is 11.6. The highest BCUT2D eigenvalue weighted by atomic mass is 35.5. The molecule has 0 unspecified atom stereocenters. The van der Waals surface area contributed by atoms with Crippen LogP contribution >= 0.6 is 22.9 Å². The lowest BCUT2D eigenvalue weighted by Gasteiger charge is -2.12. The van der Waals surface area contributed by atoms with Crippen molar-refractivity contribution in [1.82, 2.24) is 0 Å². The molecule has 100 valence electrons. The van der Waals surface area contributed by atoms with Crippen molar-refractivity contribution in [3.8, 4) is 5.75 Å². The summed E-state index contributed by atoms with van der Waals surface area (Å²) in [4.78, 5) is 12.5. The van der Waals surface area contributed by atoms with E-state index in [0.29, 0.717) is 23.1 Å². The summed E-state index contributed by atoms with van der Waals surface area (Å²) in [5.41, 5.74) is 11.5. The molecular weight excluding hydrogens is 284 g/mol. The molecule has 0 atom stereocenters. The minimum Gasteiger partial charge on any atom is -0.491 e. The minimum absolute atomic E-state index is 0.205. The number of ether oxygens (including phenoxy) is 1. The predicted molar refractivity (Wildman–Crippen MR) is 77.9 cm³/mol. The van der Waals surface area contributed by atoms with Gasteiger partial charge in [-0.25, -0.2) is 0 Å². The Morgan fingerprint density at radius 1 is 1.42 bits per heavy atom. The molecule has 0 bridgehead atoms. The number of nitrogen functional groups attached to an aromatic ring is 1. The Bertz CT molecular complexity index is 585. The van der Waals surface area contributed by atoms with Crippen LogP contribution in [-0.2, 0) is 6.42 Å². The summed E-state index contributed by atoms with van der Waals surface area (Å²) >= 11 is 7.68. The molecule has 0 radical (unpaired) electrons. The third-order valence-electron chi connectivity index (χ3n) is 2.51. The highest BCUT2D eigenvalue weighted by molar-refractivity contribution is 7.09. The molecule has 1 aromatic carbocycles. The van der Waals surface area contributed by atoms with E-state index in [9.17, 15) is 4.79 Å². The van der Waals surface area contributed by atoms with Gasteiger partial charge in [0.1, 0.15) is 0 Å². The van der Waals surface area contributed by atoms with Gasteiger partial charge in [0, 0.05) is 17.0 Å². The monoisotopic (exact) mass is 296 g/mol. The highest BCUT2D eigenvalue weighted by Gasteiger charge is 2.14. The van der Waals surface area contributed by atoms with Gasteiger partial charge in [0.2, 0.25) is 0 Å². The van der Waals surface area contributed by atoms with Gasteiger partial charge >= 0.3 is 0 Å². The standard InChI is InChI=1S/C13H13ClN2O2S/c14-11-7-8(15)6-10(13(16)17)12(11)18-4-3-9-2-1-5-19-9/h1-2,5-7H,3-4,15H2,(H2,16,17). The molecule has 4 N–H and O–H groups in total. The van der Waals surface area contributed by atoms with Crippen LogP contribution in [0, 0.1) is 0 Å². The second-order valence-corrected chi connectivity index (χ2v) is 5.36. The highest BCUT2D eigenvalue weighted by Crippen LogP contribution is 2.31. The maximum Gasteiger partial charge on any atom is 0.252 e. The first-order chi connectivity index (χ1) is 9.08. The molecule has 0 saturated carbocycles. The predicted octanol–water partition coefficient (Wildman–Crippen LogP) is 2.70. The normalized spacial score (nSPS) is 10.4. The third-order valence-corrected chi connectivity index (χ3v) is 3.72. The second-order valence-electron chi connectivity index (χ2n) is 3.92. The van der Waals surface area contributed by atoms with E-state index in [-0.39, 0.29) is 5.56 Å². The molecule has 2 aromatic rings. The summed E-state index contributed by atoms with van der Waals surface area (Å²) in [5.74, 6) is -0.319. The number of anilines is 1. The molecule has 1 heterocycles. The summed E-state index contributed by atoms with van der Waals surface area (Å²) in [6, 6.07) is 7.00. The number of nitrogens with two attached hydrogens (primary N) is 2. The van der Waals surface area contributed by atoms with Gasteiger partial charge in [-0.05, 0) is 23.6 Å². The van der Waals surface area contributed by atoms with Crippen LogP contribution in [0.5, 0.6) is 5.75 Å². The zero-order chi connectivity index (χ0) is 13.8. The summed E-state index contributed by atoms with van der Waals surface area (Å²) in [7, 11) is 0. The number of thiophene rings is 1. The summed E-state index contributed by atoms with van der Waals surface area (Å²) in [6.45, 7) is 0.421. The van der Waals surface area contributed by atoms with Crippen LogP contribution < -0.4 is 16.2 Å². The largest absolute Gasteiger partial charge is 0.491 e. The maximum absolute atomic E-state index is 11.3. The molecule has 0 aliphatic heterocycles. The topological polar surface area (TPSA) is 78.3 Å². The van der Waals surface area contributed by atoms with Gasteiger partial charge in [-0.2, -0.15) is 0 Å². The average molecular weight is 297 g/mol. The molecular formula is C13H13ClN2O2S. The lowest BCUT2D eigenvalue weighted by atomic mass is 10.1. The number of benzene rings is 1. The Kier molecular flexibility index (Phi) is 4.29. The van der Waals surface area contributed by atoms with Crippen LogP contribution in [0.1, 0.15) is 15.2 Å². The van der Waals surface area contributed by atoms with Gasteiger partial charge in [0.25, 0.3) is 5.91 Å². The molecule has 0 aliphatic carbocycles. The van der Waals surface area contributed by atoms with Gasteiger partial charge in [0.05, 0.1) is 17.2 Å². The van der Waals surface area contributed by atoms with E-state index in [4.69, 9.17) is 27.8 Å². The number of halogens is 1. The van der Waals surface area contributed by atoms with Crippen LogP contribution in [0.3, 0.4) is 0 Å². The van der Waals surface area contributed by atoms with E-state index < -0.39 is 5.91 Å². The Balaban J connectivity index is 2.12. The van der Waals surface area contributed by atoms with Gasteiger partial charge in [-0.15, -0.1) is 11.3 Å². The molecule has 0 fully saturated rings. The van der Waals surface area contributed by atoms with Crippen molar-refractivity contribution in [2.45, 2.75) is 6.42 Å². The summed E-state index contributed by atoms with van der Waals surface area (Å²) in [5, 5.41) is 2.29. The van der Waals surface area contributed by atoms with Gasteiger partial charge in [-0.1, -0.05) is 17.7 Å². The third kappa shape index (κ3) is 3.39. The average Bonchev–Trinajstić information content (AvgIpc) is 2.84. The van der Waals surface area contributed by atoms with Crippen LogP contribution in [-0.4, -0.2) is 12.5 Å². The number of hydrogen-bond donors (Lipinski definition) is 2. The number of carbonyl (C=O) groups is 1. The van der Waals surface area contributed by atoms with Crippen LogP contribution in [0.15, 0.2) is 29.6 Å². The fraction of sp³-hybridized carbons (Fsp3) is 0.154.